The molecule has 0 aromatic carbocycles. The molecule has 0 aromatic rings. The fourth-order valence-corrected chi connectivity index (χ4v) is 2.79. The third-order valence-corrected chi connectivity index (χ3v) is 8.85. The van der Waals surface area contributed by atoms with Gasteiger partial charge in [0.05, 0.1) is 6.61 Å². The Kier molecular flexibility index (Phi) is 5.41. The average Bonchev–Trinajstić information content (AvgIpc) is 3.01. The molecule has 3 nitrogen and oxygen atoms in total. The maximum absolute atomic E-state index is 6.16. The molecule has 2 N–H and O–H groups in total. The third kappa shape index (κ3) is 4.33. The first kappa shape index (κ1) is 16.2. The summed E-state index contributed by atoms with van der Waals surface area (Å²) < 4.78 is 11.8. The largest absolute Gasteiger partial charge is 0.414 e. The smallest absolute Gasteiger partial charge is 0.192 e. The van der Waals surface area contributed by atoms with Gasteiger partial charge in [-0.05, 0) is 24.6 Å². The van der Waals surface area contributed by atoms with E-state index in [0.29, 0.717) is 0 Å². The van der Waals surface area contributed by atoms with Crippen molar-refractivity contribution >= 4 is 8.32 Å². The molecule has 18 heavy (non-hydrogen) atoms. The van der Waals surface area contributed by atoms with Gasteiger partial charge in [-0.3, -0.25) is 0 Å². The van der Waals surface area contributed by atoms with Gasteiger partial charge >= 0.3 is 0 Å². The molecule has 0 saturated carbocycles. The maximum atomic E-state index is 6.16. The van der Waals surface area contributed by atoms with Gasteiger partial charge in [0.15, 0.2) is 8.32 Å². The third-order valence-electron chi connectivity index (χ3n) is 4.35. The van der Waals surface area contributed by atoms with Crippen LogP contribution < -0.4 is 5.73 Å². The lowest BCUT2D eigenvalue weighted by molar-refractivity contribution is 0.240. The molecule has 0 aliphatic carbocycles. The zero-order valence-corrected chi connectivity index (χ0v) is 14.0. The lowest BCUT2D eigenvalue weighted by Gasteiger charge is -2.36. The van der Waals surface area contributed by atoms with Crippen molar-refractivity contribution in [2.24, 2.45) is 5.73 Å². The summed E-state index contributed by atoms with van der Waals surface area (Å²) in [5.74, 6) is 0. The van der Waals surface area contributed by atoms with Gasteiger partial charge < -0.3 is 14.9 Å². The van der Waals surface area contributed by atoms with Gasteiger partial charge in [0.1, 0.15) is 12.2 Å². The van der Waals surface area contributed by atoms with E-state index in [9.17, 15) is 0 Å². The molecule has 108 valence electrons. The average molecular weight is 273 g/mol. The van der Waals surface area contributed by atoms with Crippen LogP contribution in [0.5, 0.6) is 0 Å². The number of hydrogen-bond acceptors (Lipinski definition) is 3. The Labute approximate surface area is 114 Å². The second-order valence-corrected chi connectivity index (χ2v) is 11.8. The van der Waals surface area contributed by atoms with Gasteiger partial charge in [0, 0.05) is 6.04 Å². The number of ether oxygens (including phenoxy) is 1. The van der Waals surface area contributed by atoms with Crippen molar-refractivity contribution in [3.63, 3.8) is 0 Å². The fraction of sp³-hybridized carbons (Fsp3) is 1.00. The summed E-state index contributed by atoms with van der Waals surface area (Å²) in [7, 11) is -1.64. The fourth-order valence-electron chi connectivity index (χ4n) is 1.78. The lowest BCUT2D eigenvalue weighted by Crippen LogP contribution is -2.42. The van der Waals surface area contributed by atoms with E-state index in [1.165, 1.54) is 12.8 Å². The van der Waals surface area contributed by atoms with E-state index >= 15 is 0 Å². The highest BCUT2D eigenvalue weighted by Gasteiger charge is 2.45. The van der Waals surface area contributed by atoms with E-state index in [4.69, 9.17) is 14.9 Å². The minimum Gasteiger partial charge on any atom is -0.414 e. The zero-order valence-electron chi connectivity index (χ0n) is 13.0. The molecule has 0 spiro atoms. The number of hydrogen-bond donors (Lipinski definition) is 1. The number of unbranched alkanes of at least 4 members (excludes halogenated alkanes) is 1. The highest BCUT2D eigenvalue weighted by molar-refractivity contribution is 6.74. The highest BCUT2D eigenvalue weighted by atomic mass is 28.4. The van der Waals surface area contributed by atoms with Gasteiger partial charge in [0.25, 0.3) is 0 Å². The summed E-state index contributed by atoms with van der Waals surface area (Å²) >= 11 is 0. The second kappa shape index (κ2) is 6.03. The molecule has 0 aromatic heterocycles. The zero-order chi connectivity index (χ0) is 14.0. The van der Waals surface area contributed by atoms with Crippen LogP contribution in [0, 0.1) is 0 Å². The van der Waals surface area contributed by atoms with Crippen LogP contribution >= 0.6 is 0 Å². The number of nitrogens with two attached hydrogens (primary N) is 1. The van der Waals surface area contributed by atoms with Gasteiger partial charge in [-0.25, -0.2) is 0 Å². The van der Waals surface area contributed by atoms with Crippen LogP contribution in [0.1, 0.15) is 47.0 Å². The van der Waals surface area contributed by atoms with E-state index < -0.39 is 8.32 Å². The second-order valence-electron chi connectivity index (χ2n) is 7.02. The molecule has 0 unspecified atom stereocenters. The van der Waals surface area contributed by atoms with Crippen molar-refractivity contribution in [1.29, 1.82) is 0 Å². The van der Waals surface area contributed by atoms with Crippen molar-refractivity contribution in [3.8, 4) is 0 Å². The minimum atomic E-state index is -1.64. The molecule has 1 saturated heterocycles. The molecule has 1 rings (SSSR count). The normalized spacial score (nSPS) is 26.2. The topological polar surface area (TPSA) is 47.8 Å². The van der Waals surface area contributed by atoms with Gasteiger partial charge in [0.2, 0.25) is 0 Å². The van der Waals surface area contributed by atoms with E-state index in [-0.39, 0.29) is 23.3 Å². The molecule has 0 radical (unpaired) electrons. The lowest BCUT2D eigenvalue weighted by atomic mass is 10.1. The summed E-state index contributed by atoms with van der Waals surface area (Å²) in [6.07, 6.45) is 3.94. The summed E-state index contributed by atoms with van der Waals surface area (Å²) in [4.78, 5) is 0. The Morgan fingerprint density at radius 3 is 2.44 bits per heavy atom. The number of rotatable bonds is 7. The summed E-state index contributed by atoms with van der Waals surface area (Å²) in [6, 6.07) is 0.193. The van der Waals surface area contributed by atoms with Crippen LogP contribution in [0.2, 0.25) is 18.1 Å². The van der Waals surface area contributed by atoms with Crippen LogP contribution in [0.15, 0.2) is 0 Å². The predicted octanol–water partition coefficient (Wildman–Crippen LogP) is 3.29. The quantitative estimate of drug-likeness (QED) is 0.572. The van der Waals surface area contributed by atoms with Crippen molar-refractivity contribution in [3.05, 3.63) is 0 Å². The Morgan fingerprint density at radius 1 is 1.33 bits per heavy atom. The molecule has 4 heteroatoms. The molecule has 1 aliphatic heterocycles. The molecule has 0 amide bonds. The number of epoxide rings is 1. The van der Waals surface area contributed by atoms with Crippen molar-refractivity contribution in [1.82, 2.24) is 0 Å². The highest BCUT2D eigenvalue weighted by Crippen LogP contribution is 2.38. The van der Waals surface area contributed by atoms with E-state index in [2.05, 4.69) is 40.8 Å². The molecule has 1 fully saturated rings. The molecule has 1 aliphatic rings. The Balaban J connectivity index is 2.27. The first-order chi connectivity index (χ1) is 8.19. The summed E-state index contributed by atoms with van der Waals surface area (Å²) in [5, 5.41) is 0.266. The SMILES string of the molecule is CCCC[C@H](N)[C@@H]1O[C@H]1CO[Si](C)(C)C(C)(C)C. The first-order valence-corrected chi connectivity index (χ1v) is 10.1. The van der Waals surface area contributed by atoms with E-state index in [0.717, 1.165) is 13.0 Å². The minimum absolute atomic E-state index is 0.193. The molecular formula is C14H31NO2Si. The van der Waals surface area contributed by atoms with Crippen LogP contribution in [-0.4, -0.2) is 33.2 Å². The van der Waals surface area contributed by atoms with Crippen LogP contribution in [-0.2, 0) is 9.16 Å². The molecule has 3 atom stereocenters. The van der Waals surface area contributed by atoms with Crippen LogP contribution in [0.4, 0.5) is 0 Å². The van der Waals surface area contributed by atoms with Crippen molar-refractivity contribution < 1.29 is 9.16 Å². The standard InChI is InChI=1S/C14H31NO2Si/c1-7-8-9-11(15)13-12(17-13)10-16-18(5,6)14(2,3)4/h11-13H,7-10,15H2,1-6H3/t11-,12-,13-/m0/s1. The van der Waals surface area contributed by atoms with E-state index in [1.807, 2.05) is 0 Å². The molecular weight excluding hydrogens is 242 g/mol. The van der Waals surface area contributed by atoms with Gasteiger partial charge in [-0.2, -0.15) is 0 Å². The Morgan fingerprint density at radius 2 is 1.94 bits per heavy atom. The van der Waals surface area contributed by atoms with Crippen LogP contribution in [0.25, 0.3) is 0 Å². The molecule has 1 heterocycles. The Bertz CT molecular complexity index is 263. The van der Waals surface area contributed by atoms with E-state index in [1.54, 1.807) is 0 Å². The first-order valence-electron chi connectivity index (χ1n) is 7.24. The summed E-state index contributed by atoms with van der Waals surface area (Å²) in [6.45, 7) is 14.3. The van der Waals surface area contributed by atoms with Gasteiger partial charge in [-0.15, -0.1) is 0 Å². The Hall–Kier alpha value is 0.0969. The van der Waals surface area contributed by atoms with Gasteiger partial charge in [-0.1, -0.05) is 40.5 Å². The van der Waals surface area contributed by atoms with Crippen LogP contribution in [0.3, 0.4) is 0 Å². The monoisotopic (exact) mass is 273 g/mol. The predicted molar refractivity (Wildman–Crippen MR) is 79.3 cm³/mol. The van der Waals surface area contributed by atoms with Crippen molar-refractivity contribution in [2.45, 2.75) is 83.3 Å². The maximum Gasteiger partial charge on any atom is 0.192 e. The summed E-state index contributed by atoms with van der Waals surface area (Å²) in [5.41, 5.74) is 6.11. The molecule has 0 bridgehead atoms. The van der Waals surface area contributed by atoms with Crippen molar-refractivity contribution in [2.75, 3.05) is 6.61 Å².